The lowest BCUT2D eigenvalue weighted by Gasteiger charge is -2.50. The first-order valence-corrected chi connectivity index (χ1v) is 12.4. The molecule has 0 amide bonds. The zero-order valence-corrected chi connectivity index (χ0v) is 20.3. The van der Waals surface area contributed by atoms with E-state index in [2.05, 4.69) is 95.1 Å². The van der Waals surface area contributed by atoms with Gasteiger partial charge in [-0.25, -0.2) is 5.43 Å². The maximum atomic E-state index is 5.33. The van der Waals surface area contributed by atoms with Crippen LogP contribution in [0, 0.1) is 6.92 Å². The second-order valence-electron chi connectivity index (χ2n) is 10.2. The Balaban J connectivity index is 1.52. The number of aliphatic imine (C=N–C) groups is 1. The topological polar surface area (TPSA) is 46.1 Å². The van der Waals surface area contributed by atoms with Crippen molar-refractivity contribution in [3.8, 4) is 0 Å². The lowest BCUT2D eigenvalue weighted by molar-refractivity contribution is 0.228. The van der Waals surface area contributed by atoms with Gasteiger partial charge in [0.2, 0.25) is 0 Å². The molecule has 2 fully saturated rings. The molecule has 3 aliphatic heterocycles. The molecule has 6 nitrogen and oxygen atoms in total. The summed E-state index contributed by atoms with van der Waals surface area (Å²) in [5.74, 6) is 1.15. The summed E-state index contributed by atoms with van der Waals surface area (Å²) in [6.45, 7) is 7.25. The second-order valence-corrected chi connectivity index (χ2v) is 10.2. The molecule has 0 radical (unpaired) electrons. The van der Waals surface area contributed by atoms with Crippen LogP contribution < -0.4 is 15.8 Å². The molecule has 2 N–H and O–H groups in total. The van der Waals surface area contributed by atoms with Crippen molar-refractivity contribution in [2.75, 3.05) is 50.6 Å². The summed E-state index contributed by atoms with van der Waals surface area (Å²) in [7, 11) is 4.44. The minimum atomic E-state index is -0.149. The summed E-state index contributed by atoms with van der Waals surface area (Å²) in [5.41, 5.74) is 8.72. The first-order valence-electron chi connectivity index (χ1n) is 12.4. The Bertz CT molecular complexity index is 968. The number of aryl methyl sites for hydroxylation is 1. The van der Waals surface area contributed by atoms with Gasteiger partial charge < -0.3 is 15.1 Å². The number of hydrogen-bond donors (Lipinski definition) is 2. The highest BCUT2D eigenvalue weighted by Crippen LogP contribution is 2.40. The molecule has 0 atom stereocenters. The van der Waals surface area contributed by atoms with Crippen LogP contribution in [0.2, 0.25) is 0 Å². The van der Waals surface area contributed by atoms with E-state index in [1.54, 1.807) is 0 Å². The first-order chi connectivity index (χ1) is 16.0. The number of para-hydroxylation sites is 2. The quantitative estimate of drug-likeness (QED) is 0.746. The molecule has 2 saturated heterocycles. The predicted octanol–water partition coefficient (Wildman–Crippen LogP) is 3.89. The molecule has 0 aromatic heterocycles. The molecular formula is C27H38N6. The molecule has 3 heterocycles. The Morgan fingerprint density at radius 1 is 0.939 bits per heavy atom. The van der Waals surface area contributed by atoms with Gasteiger partial charge in [-0.1, -0.05) is 42.0 Å². The zero-order valence-electron chi connectivity index (χ0n) is 20.3. The number of hydrazine groups is 1. The fourth-order valence-corrected chi connectivity index (χ4v) is 5.30. The van der Waals surface area contributed by atoms with E-state index < -0.39 is 0 Å². The third kappa shape index (κ3) is 4.79. The third-order valence-corrected chi connectivity index (χ3v) is 7.56. The summed E-state index contributed by atoms with van der Waals surface area (Å²) >= 11 is 0. The van der Waals surface area contributed by atoms with Gasteiger partial charge in [0, 0.05) is 19.1 Å². The number of piperidine rings is 2. The van der Waals surface area contributed by atoms with Crippen molar-refractivity contribution in [1.29, 1.82) is 0 Å². The molecule has 0 bridgehead atoms. The Morgan fingerprint density at radius 2 is 1.61 bits per heavy atom. The van der Waals surface area contributed by atoms with E-state index in [9.17, 15) is 0 Å². The van der Waals surface area contributed by atoms with E-state index >= 15 is 0 Å². The summed E-state index contributed by atoms with van der Waals surface area (Å²) < 4.78 is 0. The van der Waals surface area contributed by atoms with Crippen LogP contribution in [-0.2, 0) is 6.54 Å². The lowest BCUT2D eigenvalue weighted by Crippen LogP contribution is -2.66. The monoisotopic (exact) mass is 446 g/mol. The molecule has 0 saturated carbocycles. The van der Waals surface area contributed by atoms with E-state index in [0.29, 0.717) is 12.6 Å². The van der Waals surface area contributed by atoms with Crippen molar-refractivity contribution < 1.29 is 0 Å². The van der Waals surface area contributed by atoms with Crippen LogP contribution in [0.3, 0.4) is 0 Å². The van der Waals surface area contributed by atoms with Crippen molar-refractivity contribution in [3.05, 3.63) is 59.7 Å². The summed E-state index contributed by atoms with van der Waals surface area (Å²) in [6.07, 6.45) is 4.42. The average Bonchev–Trinajstić information content (AvgIpc) is 2.83. The third-order valence-electron chi connectivity index (χ3n) is 7.56. The van der Waals surface area contributed by atoms with E-state index in [1.165, 1.54) is 22.5 Å². The predicted molar refractivity (Wildman–Crippen MR) is 138 cm³/mol. The van der Waals surface area contributed by atoms with E-state index in [4.69, 9.17) is 4.99 Å². The van der Waals surface area contributed by atoms with Crippen molar-refractivity contribution >= 4 is 17.2 Å². The van der Waals surface area contributed by atoms with Crippen LogP contribution in [0.5, 0.6) is 0 Å². The lowest BCUT2D eigenvalue weighted by atomic mass is 9.83. The number of rotatable bonds is 4. The van der Waals surface area contributed by atoms with Gasteiger partial charge in [-0.15, -0.1) is 0 Å². The molecule has 0 aliphatic carbocycles. The molecule has 176 valence electrons. The summed E-state index contributed by atoms with van der Waals surface area (Å²) in [6, 6.07) is 17.9. The molecule has 3 aliphatic rings. The van der Waals surface area contributed by atoms with Crippen molar-refractivity contribution in [1.82, 2.24) is 15.2 Å². The first kappa shape index (κ1) is 22.4. The Kier molecular flexibility index (Phi) is 6.41. The number of fused-ring (bicyclic) bond motifs is 1. The maximum absolute atomic E-state index is 5.33. The largest absolute Gasteiger partial charge is 0.371 e. The van der Waals surface area contributed by atoms with Crippen molar-refractivity contribution in [3.63, 3.8) is 0 Å². The smallest absolute Gasteiger partial charge is 0.145 e. The summed E-state index contributed by atoms with van der Waals surface area (Å²) in [4.78, 5) is 10.2. The van der Waals surface area contributed by atoms with Gasteiger partial charge in [0.05, 0.1) is 23.5 Å². The molecule has 0 unspecified atom stereocenters. The molecule has 2 aromatic carbocycles. The molecule has 33 heavy (non-hydrogen) atoms. The fraction of sp³-hybridized carbons (Fsp3) is 0.519. The Morgan fingerprint density at radius 3 is 2.33 bits per heavy atom. The zero-order chi connectivity index (χ0) is 22.8. The number of nitrogens with one attached hydrogen (secondary N) is 2. The normalized spacial score (nSPS) is 23.0. The van der Waals surface area contributed by atoms with Gasteiger partial charge >= 0.3 is 0 Å². The van der Waals surface area contributed by atoms with Crippen LogP contribution in [0.25, 0.3) is 0 Å². The number of hydrogen-bond acceptors (Lipinski definition) is 5. The van der Waals surface area contributed by atoms with Gasteiger partial charge in [0.1, 0.15) is 5.84 Å². The molecule has 1 spiro atoms. The summed E-state index contributed by atoms with van der Waals surface area (Å²) in [5, 5.41) is 6.30. The molecular weight excluding hydrogens is 408 g/mol. The van der Waals surface area contributed by atoms with Crippen LogP contribution >= 0.6 is 0 Å². The highest BCUT2D eigenvalue weighted by molar-refractivity contribution is 6.10. The fourth-order valence-electron chi connectivity index (χ4n) is 5.30. The average molecular weight is 447 g/mol. The van der Waals surface area contributed by atoms with E-state index in [0.717, 1.165) is 57.7 Å². The van der Waals surface area contributed by atoms with Gasteiger partial charge in [-0.05, 0) is 77.5 Å². The van der Waals surface area contributed by atoms with Gasteiger partial charge in [0.15, 0.2) is 0 Å². The Hall–Kier alpha value is -2.41. The number of anilines is 2. The maximum Gasteiger partial charge on any atom is 0.145 e. The van der Waals surface area contributed by atoms with Gasteiger partial charge in [0.25, 0.3) is 0 Å². The minimum Gasteiger partial charge on any atom is -0.371 e. The standard InChI is InChI=1S/C27H38N6/c1-21-8-10-22(11-9-21)20-28-26-27(14-18-32(3)19-15-27)29-24-6-4-5-7-25(24)33(26)30-23-12-16-31(2)17-13-23/h4-11,23,29-30H,12-20H2,1-3H3. The van der Waals surface area contributed by atoms with Crippen LogP contribution in [0.15, 0.2) is 53.5 Å². The second kappa shape index (κ2) is 9.45. The molecule has 2 aromatic rings. The minimum absolute atomic E-state index is 0.149. The number of nitrogens with zero attached hydrogens (tertiary/aromatic N) is 4. The number of likely N-dealkylation sites (tertiary alicyclic amines) is 2. The molecule has 6 heteroatoms. The highest BCUT2D eigenvalue weighted by atomic mass is 15.6. The van der Waals surface area contributed by atoms with Crippen LogP contribution in [0.4, 0.5) is 11.4 Å². The highest BCUT2D eigenvalue weighted by Gasteiger charge is 2.46. The van der Waals surface area contributed by atoms with Gasteiger partial charge in [-0.2, -0.15) is 0 Å². The van der Waals surface area contributed by atoms with Crippen molar-refractivity contribution in [2.45, 2.75) is 50.7 Å². The molecule has 5 rings (SSSR count). The van der Waals surface area contributed by atoms with Crippen LogP contribution in [-0.4, -0.2) is 67.5 Å². The van der Waals surface area contributed by atoms with Gasteiger partial charge in [-0.3, -0.25) is 10.0 Å². The van der Waals surface area contributed by atoms with Crippen LogP contribution in [0.1, 0.15) is 36.8 Å². The Labute approximate surface area is 198 Å². The number of benzene rings is 2. The van der Waals surface area contributed by atoms with E-state index in [-0.39, 0.29) is 5.54 Å². The number of amidine groups is 1. The van der Waals surface area contributed by atoms with E-state index in [1.807, 2.05) is 0 Å². The van der Waals surface area contributed by atoms with Crippen molar-refractivity contribution in [2.24, 2.45) is 4.99 Å². The SMILES string of the molecule is Cc1ccc(CN=C2N(NC3CCN(C)CC3)c3ccccc3NC23CCN(C)CC3)cc1.